The van der Waals surface area contributed by atoms with Crippen molar-refractivity contribution in [1.29, 1.82) is 0 Å². The summed E-state index contributed by atoms with van der Waals surface area (Å²) in [6, 6.07) is 5.13. The fraction of sp³-hybridized carbons (Fsp3) is 0.286. The van der Waals surface area contributed by atoms with Crippen LogP contribution in [-0.2, 0) is 4.74 Å². The standard InChI is InChI=1S/C21H21ClN6O4/c1-13(29)28-12-15(10-24-28)19-16(22)11-23-21(26-19)25-17-4-3-14(9-18(17)31-2)20(30)27-5-7-32-8-6-27/h3-4,9-12H,5-8H2,1-2H3,(H,23,25,26). The van der Waals surface area contributed by atoms with E-state index in [-0.39, 0.29) is 17.8 Å². The average molecular weight is 457 g/mol. The highest BCUT2D eigenvalue weighted by atomic mass is 35.5. The van der Waals surface area contributed by atoms with E-state index in [0.29, 0.717) is 59.6 Å². The van der Waals surface area contributed by atoms with Crippen molar-refractivity contribution in [2.24, 2.45) is 0 Å². The van der Waals surface area contributed by atoms with Gasteiger partial charge in [-0.2, -0.15) is 5.10 Å². The molecule has 1 aliphatic rings. The first-order valence-electron chi connectivity index (χ1n) is 9.87. The number of halogens is 1. The number of carbonyl (C=O) groups excluding carboxylic acids is 2. The fourth-order valence-electron chi connectivity index (χ4n) is 3.24. The van der Waals surface area contributed by atoms with Crippen LogP contribution in [0.3, 0.4) is 0 Å². The molecule has 0 bridgehead atoms. The number of rotatable bonds is 5. The summed E-state index contributed by atoms with van der Waals surface area (Å²) >= 11 is 6.26. The molecule has 0 spiro atoms. The van der Waals surface area contributed by atoms with Crippen LogP contribution in [0.1, 0.15) is 22.1 Å². The quantitative estimate of drug-likeness (QED) is 0.623. The highest BCUT2D eigenvalue weighted by molar-refractivity contribution is 6.32. The van der Waals surface area contributed by atoms with Gasteiger partial charge >= 0.3 is 0 Å². The highest BCUT2D eigenvalue weighted by Crippen LogP contribution is 2.31. The molecule has 1 aliphatic heterocycles. The maximum atomic E-state index is 12.7. The number of anilines is 2. The van der Waals surface area contributed by atoms with Gasteiger partial charge in [0.05, 0.1) is 49.1 Å². The average Bonchev–Trinajstić information content (AvgIpc) is 3.31. The minimum Gasteiger partial charge on any atom is -0.495 e. The third kappa shape index (κ3) is 4.56. The number of methoxy groups -OCH3 is 1. The zero-order valence-corrected chi connectivity index (χ0v) is 18.3. The van der Waals surface area contributed by atoms with Gasteiger partial charge in [-0.05, 0) is 18.2 Å². The SMILES string of the molecule is COc1cc(C(=O)N2CCOCC2)ccc1Nc1ncc(Cl)c(-c2cnn(C(C)=O)c2)n1. The molecule has 1 aromatic carbocycles. The van der Waals surface area contributed by atoms with Gasteiger partial charge in [0, 0.05) is 37.3 Å². The molecular formula is C21H21ClN6O4. The Morgan fingerprint density at radius 3 is 2.69 bits per heavy atom. The lowest BCUT2D eigenvalue weighted by Crippen LogP contribution is -2.40. The molecule has 0 unspecified atom stereocenters. The predicted molar refractivity (Wildman–Crippen MR) is 118 cm³/mol. The maximum absolute atomic E-state index is 12.7. The van der Waals surface area contributed by atoms with Crippen molar-refractivity contribution in [3.05, 3.63) is 47.4 Å². The lowest BCUT2D eigenvalue weighted by Gasteiger charge is -2.27. The molecule has 11 heteroatoms. The molecule has 1 saturated heterocycles. The van der Waals surface area contributed by atoms with Gasteiger partial charge < -0.3 is 19.7 Å². The first kappa shape index (κ1) is 21.7. The Hall–Kier alpha value is -3.50. The van der Waals surface area contributed by atoms with Gasteiger partial charge in [-0.1, -0.05) is 11.6 Å². The molecule has 0 atom stereocenters. The molecule has 32 heavy (non-hydrogen) atoms. The molecule has 1 N–H and O–H groups in total. The minimum atomic E-state index is -0.226. The molecule has 1 fully saturated rings. The number of aromatic nitrogens is 4. The van der Waals surface area contributed by atoms with E-state index in [0.717, 1.165) is 0 Å². The Morgan fingerprint density at radius 1 is 1.22 bits per heavy atom. The number of benzene rings is 1. The number of hydrogen-bond acceptors (Lipinski definition) is 8. The number of amides is 1. The first-order chi connectivity index (χ1) is 15.5. The third-order valence-corrected chi connectivity index (χ3v) is 5.19. The lowest BCUT2D eigenvalue weighted by atomic mass is 10.1. The van der Waals surface area contributed by atoms with E-state index < -0.39 is 0 Å². The first-order valence-corrected chi connectivity index (χ1v) is 10.2. The fourth-order valence-corrected chi connectivity index (χ4v) is 3.44. The molecule has 10 nitrogen and oxygen atoms in total. The molecule has 3 heterocycles. The maximum Gasteiger partial charge on any atom is 0.254 e. The predicted octanol–water partition coefficient (Wildman–Crippen LogP) is 2.88. The van der Waals surface area contributed by atoms with Gasteiger partial charge in [-0.3, -0.25) is 9.59 Å². The summed E-state index contributed by atoms with van der Waals surface area (Å²) in [7, 11) is 1.52. The van der Waals surface area contributed by atoms with Crippen LogP contribution in [-0.4, -0.2) is 69.9 Å². The second kappa shape index (κ2) is 9.33. The summed E-state index contributed by atoms with van der Waals surface area (Å²) < 4.78 is 12.0. The van der Waals surface area contributed by atoms with E-state index in [1.807, 2.05) is 0 Å². The molecule has 166 valence electrons. The Bertz CT molecular complexity index is 1160. The van der Waals surface area contributed by atoms with Gasteiger partial charge in [0.25, 0.3) is 5.91 Å². The van der Waals surface area contributed by atoms with Crippen molar-refractivity contribution < 1.29 is 19.1 Å². The number of ether oxygens (including phenoxy) is 2. The molecule has 0 aliphatic carbocycles. The summed E-state index contributed by atoms with van der Waals surface area (Å²) in [4.78, 5) is 34.7. The molecule has 1 amide bonds. The monoisotopic (exact) mass is 456 g/mol. The Balaban J connectivity index is 1.58. The van der Waals surface area contributed by atoms with E-state index in [9.17, 15) is 9.59 Å². The molecule has 0 saturated carbocycles. The van der Waals surface area contributed by atoms with Crippen LogP contribution >= 0.6 is 11.6 Å². The number of hydrogen-bond donors (Lipinski definition) is 1. The Morgan fingerprint density at radius 2 is 2.00 bits per heavy atom. The van der Waals surface area contributed by atoms with Crippen LogP contribution < -0.4 is 10.1 Å². The van der Waals surface area contributed by atoms with Crippen molar-refractivity contribution in [2.75, 3.05) is 38.7 Å². The van der Waals surface area contributed by atoms with Crippen molar-refractivity contribution >= 4 is 35.1 Å². The molecular weight excluding hydrogens is 436 g/mol. The van der Waals surface area contributed by atoms with E-state index >= 15 is 0 Å². The van der Waals surface area contributed by atoms with Crippen molar-refractivity contribution in [3.8, 4) is 17.0 Å². The summed E-state index contributed by atoms with van der Waals surface area (Å²) in [6.45, 7) is 3.59. The highest BCUT2D eigenvalue weighted by Gasteiger charge is 2.20. The zero-order chi connectivity index (χ0) is 22.7. The second-order valence-corrected chi connectivity index (χ2v) is 7.43. The van der Waals surface area contributed by atoms with Crippen molar-refractivity contribution in [1.82, 2.24) is 24.6 Å². The minimum absolute atomic E-state index is 0.0781. The van der Waals surface area contributed by atoms with Gasteiger partial charge in [0.1, 0.15) is 5.75 Å². The van der Waals surface area contributed by atoms with Crippen molar-refractivity contribution in [3.63, 3.8) is 0 Å². The van der Waals surface area contributed by atoms with Crippen LogP contribution in [0.5, 0.6) is 5.75 Å². The largest absolute Gasteiger partial charge is 0.495 e. The van der Waals surface area contributed by atoms with Crippen LogP contribution in [0.25, 0.3) is 11.3 Å². The summed E-state index contributed by atoms with van der Waals surface area (Å²) in [5.41, 5.74) is 2.10. The van der Waals surface area contributed by atoms with E-state index in [2.05, 4.69) is 20.4 Å². The number of carbonyl (C=O) groups is 2. The summed E-state index contributed by atoms with van der Waals surface area (Å²) in [5, 5.41) is 7.41. The van der Waals surface area contributed by atoms with E-state index in [1.165, 1.54) is 31.1 Å². The normalized spacial score (nSPS) is 13.7. The topological polar surface area (TPSA) is 111 Å². The number of nitrogens with one attached hydrogen (secondary N) is 1. The summed E-state index contributed by atoms with van der Waals surface area (Å²) in [6.07, 6.45) is 4.51. The van der Waals surface area contributed by atoms with Crippen LogP contribution in [0.15, 0.2) is 36.8 Å². The number of morpholine rings is 1. The molecule has 4 rings (SSSR count). The van der Waals surface area contributed by atoms with Gasteiger partial charge in [0.2, 0.25) is 11.9 Å². The van der Waals surface area contributed by atoms with Crippen LogP contribution in [0.2, 0.25) is 5.02 Å². The van der Waals surface area contributed by atoms with Gasteiger partial charge in [0.15, 0.2) is 0 Å². The second-order valence-electron chi connectivity index (χ2n) is 7.03. The van der Waals surface area contributed by atoms with Crippen LogP contribution in [0.4, 0.5) is 11.6 Å². The third-order valence-electron chi connectivity index (χ3n) is 4.92. The Kier molecular flexibility index (Phi) is 6.33. The molecule has 3 aromatic rings. The van der Waals surface area contributed by atoms with Gasteiger partial charge in [-0.15, -0.1) is 0 Å². The zero-order valence-electron chi connectivity index (χ0n) is 17.5. The van der Waals surface area contributed by atoms with Crippen LogP contribution in [0, 0.1) is 0 Å². The van der Waals surface area contributed by atoms with E-state index in [4.69, 9.17) is 21.1 Å². The summed E-state index contributed by atoms with van der Waals surface area (Å²) in [5.74, 6) is 0.432. The smallest absolute Gasteiger partial charge is 0.254 e. The Labute approximate surface area is 189 Å². The van der Waals surface area contributed by atoms with Gasteiger partial charge in [-0.25, -0.2) is 14.6 Å². The molecule has 2 aromatic heterocycles. The number of nitrogens with zero attached hydrogens (tertiary/aromatic N) is 5. The van der Waals surface area contributed by atoms with E-state index in [1.54, 1.807) is 29.3 Å². The lowest BCUT2D eigenvalue weighted by molar-refractivity contribution is 0.0302. The molecule has 0 radical (unpaired) electrons. The van der Waals surface area contributed by atoms with Crippen molar-refractivity contribution in [2.45, 2.75) is 6.92 Å².